The molecule has 0 spiro atoms. The Hall–Kier alpha value is -4.67. The van der Waals surface area contributed by atoms with Crippen molar-refractivity contribution >= 4 is 17.6 Å². The minimum atomic E-state index is -0.941. The monoisotopic (exact) mass is 534 g/mol. The Morgan fingerprint density at radius 2 is 1.82 bits per heavy atom. The molecular weight excluding hydrogens is 509 g/mol. The number of rotatable bonds is 9. The quantitative estimate of drug-likeness (QED) is 0.299. The Morgan fingerprint density at radius 1 is 1.08 bits per heavy atom. The predicted octanol–water partition coefficient (Wildman–Crippen LogP) is 4.02. The molecular formula is C28H25F3N6O2. The van der Waals surface area contributed by atoms with Gasteiger partial charge in [-0.1, -0.05) is 12.1 Å². The van der Waals surface area contributed by atoms with Gasteiger partial charge in [0.1, 0.15) is 29.8 Å². The molecule has 1 atom stereocenters. The highest BCUT2D eigenvalue weighted by atomic mass is 19.1. The first-order valence-corrected chi connectivity index (χ1v) is 12.3. The lowest BCUT2D eigenvalue weighted by Gasteiger charge is -2.22. The zero-order valence-electron chi connectivity index (χ0n) is 20.7. The number of primary amides is 1. The molecule has 1 saturated carbocycles. The standard InChI is InChI=1S/C28H25F3N6O2/c29-18-8-15(9-19(30)12-18)10-24(35-25(38)14-37-13-22(16-3-4-16)27(32)36-37)26-20(2-1-7-34-26)17-5-6-23(31)21(11-17)28(33)39/h1-2,5-9,11-13,16,24H,3-4,10,14H2,(H2,32,36)(H2,33,39)(H,35,38)/t24-/m0/s1. The second-order valence-electron chi connectivity index (χ2n) is 9.54. The van der Waals surface area contributed by atoms with Crippen LogP contribution in [-0.4, -0.2) is 26.6 Å². The zero-order valence-corrected chi connectivity index (χ0v) is 20.7. The maximum atomic E-state index is 14.2. The summed E-state index contributed by atoms with van der Waals surface area (Å²) in [5.74, 6) is -2.94. The summed E-state index contributed by atoms with van der Waals surface area (Å²) in [5.41, 5.74) is 13.5. The Kier molecular flexibility index (Phi) is 7.05. The van der Waals surface area contributed by atoms with E-state index in [1.165, 1.54) is 35.1 Å². The number of nitrogens with one attached hydrogen (secondary N) is 1. The van der Waals surface area contributed by atoms with Crippen LogP contribution in [0.3, 0.4) is 0 Å². The molecule has 0 bridgehead atoms. The summed E-state index contributed by atoms with van der Waals surface area (Å²) in [6.07, 6.45) is 5.29. The lowest BCUT2D eigenvalue weighted by Crippen LogP contribution is -2.33. The van der Waals surface area contributed by atoms with Gasteiger partial charge in [0.2, 0.25) is 5.91 Å². The highest BCUT2D eigenvalue weighted by molar-refractivity contribution is 5.94. The van der Waals surface area contributed by atoms with Gasteiger partial charge in [-0.2, -0.15) is 5.10 Å². The number of hydrogen-bond acceptors (Lipinski definition) is 5. The van der Waals surface area contributed by atoms with Crippen molar-refractivity contribution in [2.75, 3.05) is 5.73 Å². The molecule has 2 heterocycles. The summed E-state index contributed by atoms with van der Waals surface area (Å²) in [6, 6.07) is 9.43. The number of amides is 2. The minimum Gasteiger partial charge on any atom is -0.382 e. The topological polar surface area (TPSA) is 129 Å². The van der Waals surface area contributed by atoms with Crippen molar-refractivity contribution in [1.82, 2.24) is 20.1 Å². The first kappa shape index (κ1) is 26.0. The fourth-order valence-electron chi connectivity index (χ4n) is 4.63. The lowest BCUT2D eigenvalue weighted by atomic mass is 9.94. The van der Waals surface area contributed by atoms with Crippen molar-refractivity contribution in [3.63, 3.8) is 0 Å². The molecule has 5 N–H and O–H groups in total. The molecule has 2 aromatic carbocycles. The van der Waals surface area contributed by atoms with Crippen molar-refractivity contribution in [2.45, 2.75) is 37.8 Å². The number of nitrogens with zero attached hydrogens (tertiary/aromatic N) is 3. The number of carbonyl (C=O) groups is 2. The van der Waals surface area contributed by atoms with E-state index in [0.717, 1.165) is 30.5 Å². The number of halogens is 3. The second-order valence-corrected chi connectivity index (χ2v) is 9.54. The van der Waals surface area contributed by atoms with E-state index in [2.05, 4.69) is 15.4 Å². The number of aromatic nitrogens is 3. The van der Waals surface area contributed by atoms with E-state index in [0.29, 0.717) is 28.6 Å². The first-order chi connectivity index (χ1) is 18.7. The van der Waals surface area contributed by atoms with Gasteiger partial charge in [-0.05, 0) is 66.6 Å². The van der Waals surface area contributed by atoms with Crippen LogP contribution in [-0.2, 0) is 17.8 Å². The van der Waals surface area contributed by atoms with Crippen LogP contribution in [0.25, 0.3) is 11.1 Å². The van der Waals surface area contributed by atoms with Gasteiger partial charge in [-0.3, -0.25) is 19.3 Å². The Bertz CT molecular complexity index is 1550. The Morgan fingerprint density at radius 3 is 2.51 bits per heavy atom. The van der Waals surface area contributed by atoms with E-state index in [-0.39, 0.29) is 24.1 Å². The Balaban J connectivity index is 1.49. The fourth-order valence-corrected chi connectivity index (χ4v) is 4.63. The maximum Gasteiger partial charge on any atom is 0.251 e. The van der Waals surface area contributed by atoms with Crippen LogP contribution < -0.4 is 16.8 Å². The van der Waals surface area contributed by atoms with Gasteiger partial charge >= 0.3 is 0 Å². The average molecular weight is 535 g/mol. The molecule has 4 aromatic rings. The third-order valence-corrected chi connectivity index (χ3v) is 6.55. The van der Waals surface area contributed by atoms with E-state index >= 15 is 0 Å². The molecule has 2 amide bonds. The predicted molar refractivity (Wildman–Crippen MR) is 138 cm³/mol. The number of anilines is 1. The van der Waals surface area contributed by atoms with E-state index in [9.17, 15) is 22.8 Å². The number of hydrogen-bond donors (Lipinski definition) is 3. The summed E-state index contributed by atoms with van der Waals surface area (Å²) in [7, 11) is 0. The fraction of sp³-hybridized carbons (Fsp3) is 0.214. The Labute approximate surface area is 221 Å². The van der Waals surface area contributed by atoms with Gasteiger partial charge in [-0.15, -0.1) is 0 Å². The van der Waals surface area contributed by atoms with E-state index < -0.39 is 35.3 Å². The largest absolute Gasteiger partial charge is 0.382 e. The molecule has 0 unspecified atom stereocenters. The van der Waals surface area contributed by atoms with Crippen molar-refractivity contribution in [2.24, 2.45) is 5.73 Å². The lowest BCUT2D eigenvalue weighted by molar-refractivity contribution is -0.122. The third-order valence-electron chi connectivity index (χ3n) is 6.55. The molecule has 1 aliphatic carbocycles. The highest BCUT2D eigenvalue weighted by Gasteiger charge is 2.28. The van der Waals surface area contributed by atoms with E-state index in [4.69, 9.17) is 11.5 Å². The smallest absolute Gasteiger partial charge is 0.251 e. The number of carbonyl (C=O) groups excluding carboxylic acids is 2. The number of benzene rings is 2. The van der Waals surface area contributed by atoms with Crippen LogP contribution in [0.1, 0.15) is 52.0 Å². The normalized spacial score (nSPS) is 13.7. The van der Waals surface area contributed by atoms with Crippen LogP contribution in [0, 0.1) is 17.5 Å². The number of nitrogen functional groups attached to an aromatic ring is 1. The molecule has 39 heavy (non-hydrogen) atoms. The molecule has 0 aliphatic heterocycles. The van der Waals surface area contributed by atoms with Crippen molar-refractivity contribution in [1.29, 1.82) is 0 Å². The van der Waals surface area contributed by atoms with Gasteiger partial charge in [0, 0.05) is 29.6 Å². The van der Waals surface area contributed by atoms with Crippen LogP contribution in [0.5, 0.6) is 0 Å². The molecule has 1 aliphatic rings. The second kappa shape index (κ2) is 10.6. The highest BCUT2D eigenvalue weighted by Crippen LogP contribution is 2.42. The number of pyridine rings is 1. The number of nitrogens with two attached hydrogens (primary N) is 2. The summed E-state index contributed by atoms with van der Waals surface area (Å²) in [5, 5.41) is 7.13. The van der Waals surface area contributed by atoms with Gasteiger partial charge in [0.15, 0.2) is 0 Å². The molecule has 1 fully saturated rings. The first-order valence-electron chi connectivity index (χ1n) is 12.3. The van der Waals surface area contributed by atoms with E-state index in [1.807, 2.05) is 0 Å². The van der Waals surface area contributed by atoms with Gasteiger partial charge in [0.25, 0.3) is 5.91 Å². The van der Waals surface area contributed by atoms with Crippen molar-refractivity contribution in [3.05, 3.63) is 101 Å². The van der Waals surface area contributed by atoms with Crippen LogP contribution in [0.15, 0.2) is 60.9 Å². The third kappa shape index (κ3) is 5.92. The summed E-state index contributed by atoms with van der Waals surface area (Å²) in [4.78, 5) is 29.4. The zero-order chi connectivity index (χ0) is 27.7. The molecule has 5 rings (SSSR count). The summed E-state index contributed by atoms with van der Waals surface area (Å²) < 4.78 is 43.6. The van der Waals surface area contributed by atoms with Gasteiger partial charge in [-0.25, -0.2) is 13.2 Å². The molecule has 200 valence electrons. The summed E-state index contributed by atoms with van der Waals surface area (Å²) in [6.45, 7) is -0.143. The van der Waals surface area contributed by atoms with Crippen molar-refractivity contribution in [3.8, 4) is 11.1 Å². The SMILES string of the molecule is NC(=O)c1cc(-c2cccnc2[C@H](Cc2cc(F)cc(F)c2)NC(=O)Cn2cc(C3CC3)c(N)n2)ccc1F. The molecule has 2 aromatic heterocycles. The van der Waals surface area contributed by atoms with E-state index in [1.54, 1.807) is 18.3 Å². The molecule has 0 saturated heterocycles. The molecule has 11 heteroatoms. The van der Waals surface area contributed by atoms with Gasteiger partial charge < -0.3 is 16.8 Å². The minimum absolute atomic E-state index is 0.0110. The van der Waals surface area contributed by atoms with Crippen LogP contribution in [0.4, 0.5) is 19.0 Å². The van der Waals surface area contributed by atoms with Crippen LogP contribution in [0.2, 0.25) is 0 Å². The molecule has 8 nitrogen and oxygen atoms in total. The van der Waals surface area contributed by atoms with Crippen molar-refractivity contribution < 1.29 is 22.8 Å². The summed E-state index contributed by atoms with van der Waals surface area (Å²) >= 11 is 0. The van der Waals surface area contributed by atoms with Crippen LogP contribution >= 0.6 is 0 Å². The molecule has 0 radical (unpaired) electrons. The maximum absolute atomic E-state index is 14.2. The average Bonchev–Trinajstić information content (AvgIpc) is 3.65. The van der Waals surface area contributed by atoms with Gasteiger partial charge in [0.05, 0.1) is 17.3 Å².